The number of thiol groups is 1. The van der Waals surface area contributed by atoms with Crippen molar-refractivity contribution in [3.05, 3.63) is 78.6 Å². The molecule has 1 unspecified atom stereocenters. The Morgan fingerprint density at radius 3 is 2.39 bits per heavy atom. The monoisotopic (exact) mass is 501 g/mol. The molecule has 2 N–H and O–H groups in total. The molecular formula is C29H35N5OS. The predicted octanol–water partition coefficient (Wildman–Crippen LogP) is 5.46. The molecule has 1 aliphatic heterocycles. The summed E-state index contributed by atoms with van der Waals surface area (Å²) in [7, 11) is 0. The van der Waals surface area contributed by atoms with Gasteiger partial charge in [0.05, 0.1) is 18.0 Å². The van der Waals surface area contributed by atoms with E-state index in [2.05, 4.69) is 80.5 Å². The molecule has 0 saturated carbocycles. The number of imidazole rings is 1. The molecule has 2 aromatic heterocycles. The van der Waals surface area contributed by atoms with Crippen LogP contribution in [-0.2, 0) is 6.61 Å². The van der Waals surface area contributed by atoms with Crippen molar-refractivity contribution in [3.8, 4) is 11.3 Å². The van der Waals surface area contributed by atoms with Crippen LogP contribution < -0.4 is 10.2 Å². The number of fused-ring (bicyclic) bond motifs is 1. The minimum absolute atomic E-state index is 0.0497. The number of nitrogens with one attached hydrogen (secondary N) is 1. The number of pyridine rings is 1. The van der Waals surface area contributed by atoms with Crippen molar-refractivity contribution in [3.63, 3.8) is 0 Å². The predicted molar refractivity (Wildman–Crippen MR) is 153 cm³/mol. The van der Waals surface area contributed by atoms with Crippen LogP contribution in [0.3, 0.4) is 0 Å². The Hall–Kier alpha value is -3.00. The molecule has 5 rings (SSSR count). The average molecular weight is 502 g/mol. The number of aliphatic hydroxyl groups is 1. The maximum absolute atomic E-state index is 9.33. The van der Waals surface area contributed by atoms with Crippen LogP contribution in [0.15, 0.2) is 73.1 Å². The van der Waals surface area contributed by atoms with Gasteiger partial charge in [-0.05, 0) is 53.9 Å². The van der Waals surface area contributed by atoms with E-state index in [0.29, 0.717) is 6.04 Å². The fraction of sp³-hybridized carbons (Fsp3) is 0.345. The van der Waals surface area contributed by atoms with Gasteiger partial charge in [-0.2, -0.15) is 12.6 Å². The number of hydrogen-bond acceptors (Lipinski definition) is 6. The molecular weight excluding hydrogens is 466 g/mol. The summed E-state index contributed by atoms with van der Waals surface area (Å²) >= 11 is 4.58. The Morgan fingerprint density at radius 2 is 1.72 bits per heavy atom. The molecule has 6 nitrogen and oxygen atoms in total. The van der Waals surface area contributed by atoms with E-state index in [9.17, 15) is 5.11 Å². The van der Waals surface area contributed by atoms with Gasteiger partial charge in [-0.3, -0.25) is 9.30 Å². The number of aliphatic hydroxyl groups excluding tert-OH is 1. The summed E-state index contributed by atoms with van der Waals surface area (Å²) in [5.74, 6) is 0.939. The van der Waals surface area contributed by atoms with Crippen LogP contribution in [0.5, 0.6) is 0 Å². The zero-order valence-corrected chi connectivity index (χ0v) is 21.7. The second-order valence-corrected chi connectivity index (χ2v) is 9.79. The molecule has 0 radical (unpaired) electrons. The Balaban J connectivity index is 1.27. The first-order valence-corrected chi connectivity index (χ1v) is 13.5. The molecule has 188 valence electrons. The third-order valence-corrected chi connectivity index (χ3v) is 7.58. The van der Waals surface area contributed by atoms with Gasteiger partial charge in [0.25, 0.3) is 0 Å². The van der Waals surface area contributed by atoms with Crippen LogP contribution in [0.2, 0.25) is 0 Å². The molecule has 0 aliphatic carbocycles. The first-order valence-electron chi connectivity index (χ1n) is 12.8. The lowest BCUT2D eigenvalue weighted by atomic mass is 10.1. The smallest absolute Gasteiger partial charge is 0.161 e. The molecule has 3 heterocycles. The fourth-order valence-electron chi connectivity index (χ4n) is 5.11. The molecule has 1 atom stereocenters. The van der Waals surface area contributed by atoms with Gasteiger partial charge in [0.15, 0.2) is 5.65 Å². The van der Waals surface area contributed by atoms with E-state index in [1.165, 1.54) is 18.5 Å². The van der Waals surface area contributed by atoms with E-state index in [1.807, 2.05) is 36.7 Å². The van der Waals surface area contributed by atoms with Crippen LogP contribution in [0, 0.1) is 0 Å². The van der Waals surface area contributed by atoms with Crippen LogP contribution >= 0.6 is 12.6 Å². The van der Waals surface area contributed by atoms with Crippen LogP contribution in [0.4, 0.5) is 17.1 Å². The zero-order chi connectivity index (χ0) is 24.9. The van der Waals surface area contributed by atoms with Gasteiger partial charge in [-0.1, -0.05) is 37.6 Å². The Morgan fingerprint density at radius 1 is 0.972 bits per heavy atom. The highest BCUT2D eigenvalue weighted by molar-refractivity contribution is 7.80. The lowest BCUT2D eigenvalue weighted by Crippen LogP contribution is -2.51. The number of piperazine rings is 1. The van der Waals surface area contributed by atoms with E-state index >= 15 is 0 Å². The summed E-state index contributed by atoms with van der Waals surface area (Å²) in [5, 5.41) is 12.9. The number of hydrogen-bond donors (Lipinski definition) is 3. The molecule has 0 bridgehead atoms. The van der Waals surface area contributed by atoms with Gasteiger partial charge >= 0.3 is 0 Å². The summed E-state index contributed by atoms with van der Waals surface area (Å²) in [6, 6.07) is 21.5. The molecule has 0 spiro atoms. The van der Waals surface area contributed by atoms with E-state index in [0.717, 1.165) is 65.8 Å². The Kier molecular flexibility index (Phi) is 7.80. The van der Waals surface area contributed by atoms with Crippen molar-refractivity contribution in [1.82, 2.24) is 14.3 Å². The highest BCUT2D eigenvalue weighted by atomic mass is 32.1. The molecule has 1 fully saturated rings. The minimum Gasteiger partial charge on any atom is -0.392 e. The van der Waals surface area contributed by atoms with E-state index in [4.69, 9.17) is 0 Å². The van der Waals surface area contributed by atoms with Crippen LogP contribution in [0.25, 0.3) is 16.9 Å². The molecule has 0 amide bonds. The van der Waals surface area contributed by atoms with Crippen molar-refractivity contribution >= 4 is 35.3 Å². The van der Waals surface area contributed by atoms with E-state index < -0.39 is 0 Å². The van der Waals surface area contributed by atoms with Crippen molar-refractivity contribution in [2.24, 2.45) is 0 Å². The first-order chi connectivity index (χ1) is 17.7. The topological polar surface area (TPSA) is 56.0 Å². The van der Waals surface area contributed by atoms with E-state index in [-0.39, 0.29) is 6.61 Å². The first kappa shape index (κ1) is 24.7. The van der Waals surface area contributed by atoms with Crippen LogP contribution in [-0.4, -0.2) is 57.4 Å². The van der Waals surface area contributed by atoms with Crippen molar-refractivity contribution in [2.45, 2.75) is 32.4 Å². The Bertz CT molecular complexity index is 1260. The third-order valence-electron chi connectivity index (χ3n) is 7.16. The molecule has 4 aromatic rings. The highest BCUT2D eigenvalue weighted by Gasteiger charge is 2.22. The third kappa shape index (κ3) is 5.24. The molecule has 1 saturated heterocycles. The second-order valence-electron chi connectivity index (χ2n) is 9.43. The van der Waals surface area contributed by atoms with Gasteiger partial charge in [0.2, 0.25) is 0 Å². The molecule has 7 heteroatoms. The van der Waals surface area contributed by atoms with Gasteiger partial charge < -0.3 is 15.3 Å². The maximum atomic E-state index is 9.33. The lowest BCUT2D eigenvalue weighted by molar-refractivity contribution is 0.191. The van der Waals surface area contributed by atoms with E-state index in [1.54, 1.807) is 0 Å². The second kappa shape index (κ2) is 11.4. The van der Waals surface area contributed by atoms with Gasteiger partial charge in [-0.15, -0.1) is 0 Å². The summed E-state index contributed by atoms with van der Waals surface area (Å²) in [4.78, 5) is 9.69. The minimum atomic E-state index is 0.0497. The van der Waals surface area contributed by atoms with Gasteiger partial charge in [0, 0.05) is 61.7 Å². The summed E-state index contributed by atoms with van der Waals surface area (Å²) in [6.07, 6.45) is 6.25. The van der Waals surface area contributed by atoms with Crippen molar-refractivity contribution < 1.29 is 5.11 Å². The quantitative estimate of drug-likeness (QED) is 0.266. The molecule has 36 heavy (non-hydrogen) atoms. The summed E-state index contributed by atoms with van der Waals surface area (Å²) in [6.45, 7) is 6.60. The summed E-state index contributed by atoms with van der Waals surface area (Å²) in [5.41, 5.74) is 7.21. The van der Waals surface area contributed by atoms with Crippen molar-refractivity contribution in [2.75, 3.05) is 42.1 Å². The van der Waals surface area contributed by atoms with Crippen LogP contribution in [0.1, 0.15) is 25.3 Å². The number of rotatable bonds is 9. The number of aromatic nitrogens is 2. The van der Waals surface area contributed by atoms with Gasteiger partial charge in [0.1, 0.15) is 0 Å². The largest absolute Gasteiger partial charge is 0.392 e. The summed E-state index contributed by atoms with van der Waals surface area (Å²) < 4.78 is 2.10. The maximum Gasteiger partial charge on any atom is 0.161 e. The zero-order valence-electron chi connectivity index (χ0n) is 20.8. The Labute approximate surface area is 219 Å². The molecule has 1 aliphatic rings. The van der Waals surface area contributed by atoms with Gasteiger partial charge in [-0.25, -0.2) is 4.98 Å². The van der Waals surface area contributed by atoms with Crippen molar-refractivity contribution in [1.29, 1.82) is 0 Å². The number of nitrogens with zero attached hydrogens (tertiary/aromatic N) is 4. The molecule has 2 aromatic carbocycles. The highest BCUT2D eigenvalue weighted by Crippen LogP contribution is 2.29. The SMILES string of the molecule is CCCC(CS)N1CCN(c2ccc(Nc3ccc(-c4ccc(CO)cc4)n4ccnc34)cc2)CC1. The average Bonchev–Trinajstić information content (AvgIpc) is 3.43. The number of anilines is 3. The normalized spacial score (nSPS) is 15.4. The number of benzene rings is 2. The fourth-order valence-corrected chi connectivity index (χ4v) is 5.52. The standard InChI is InChI=1S/C29H35N5OS/c1-2-3-26(21-36)33-18-16-32(17-19-33)25-10-8-24(9-11-25)31-27-12-13-28(34-15-14-30-29(27)34)23-6-4-22(20-35)5-7-23/h4-15,26,31,35-36H,2-3,16-21H2,1H3. The lowest BCUT2D eigenvalue weighted by Gasteiger charge is -2.40.